The van der Waals surface area contributed by atoms with E-state index < -0.39 is 0 Å². The maximum absolute atomic E-state index is 13.9. The Kier molecular flexibility index (Phi) is 6.06. The summed E-state index contributed by atoms with van der Waals surface area (Å²) in [6.07, 6.45) is 1.35. The van der Waals surface area contributed by atoms with E-state index in [-0.39, 0.29) is 24.1 Å². The van der Waals surface area contributed by atoms with E-state index in [4.69, 9.17) is 5.73 Å². The topological polar surface area (TPSA) is 89.9 Å². The summed E-state index contributed by atoms with van der Waals surface area (Å²) in [4.78, 5) is 25.3. The van der Waals surface area contributed by atoms with Gasteiger partial charge in [-0.1, -0.05) is 0 Å². The molecule has 0 aliphatic carbocycles. The third-order valence-electron chi connectivity index (χ3n) is 6.16. The molecule has 0 radical (unpaired) electrons. The Balaban J connectivity index is 1.46. The van der Waals surface area contributed by atoms with E-state index >= 15 is 0 Å². The third-order valence-corrected chi connectivity index (χ3v) is 7.15. The van der Waals surface area contributed by atoms with E-state index in [1.54, 1.807) is 47.7 Å². The second-order valence-electron chi connectivity index (χ2n) is 8.65. The quantitative estimate of drug-likeness (QED) is 0.460. The maximum Gasteiger partial charge on any atom is 0.244 e. The zero-order chi connectivity index (χ0) is 24.7. The number of nitrogens with two attached hydrogens (primary N) is 1. The van der Waals surface area contributed by atoms with Crippen LogP contribution in [0.2, 0.25) is 0 Å². The Labute approximate surface area is 205 Å². The standard InChI is InChI=1S/C25H24F2N6OS/c1-14-11-16(3-5-18(14)26)23-30-24(17-4-6-19(27)15(2)12-17)33(31-23)13-22(34)32-9-7-20-21(8-10-32)35-25(28)29-20/h3-6,11-12H,7-10,13H2,1-2H3,(H2,28,29). The van der Waals surface area contributed by atoms with Gasteiger partial charge in [0.2, 0.25) is 5.91 Å². The highest BCUT2D eigenvalue weighted by molar-refractivity contribution is 7.15. The second-order valence-corrected chi connectivity index (χ2v) is 9.76. The Morgan fingerprint density at radius 2 is 1.66 bits per heavy atom. The summed E-state index contributed by atoms with van der Waals surface area (Å²) < 4.78 is 29.3. The normalized spacial score (nSPS) is 13.5. The fourth-order valence-electron chi connectivity index (χ4n) is 4.22. The fraction of sp³-hybridized carbons (Fsp3) is 0.280. The van der Waals surface area contributed by atoms with Gasteiger partial charge in [0.05, 0.1) is 5.69 Å². The van der Waals surface area contributed by atoms with Crippen molar-refractivity contribution in [3.8, 4) is 22.8 Å². The second kappa shape index (κ2) is 9.18. The van der Waals surface area contributed by atoms with Crippen LogP contribution in [0, 0.1) is 25.5 Å². The van der Waals surface area contributed by atoms with Crippen LogP contribution >= 0.6 is 11.3 Å². The molecule has 180 valence electrons. The van der Waals surface area contributed by atoms with Crippen LogP contribution in [0.15, 0.2) is 36.4 Å². The van der Waals surface area contributed by atoms with Gasteiger partial charge >= 0.3 is 0 Å². The van der Waals surface area contributed by atoms with Gasteiger partial charge in [-0.05, 0) is 61.4 Å². The summed E-state index contributed by atoms with van der Waals surface area (Å²) in [6.45, 7) is 4.42. The number of nitrogens with zero attached hydrogens (tertiary/aromatic N) is 5. The van der Waals surface area contributed by atoms with Gasteiger partial charge in [0, 0.05) is 41.9 Å². The van der Waals surface area contributed by atoms with E-state index in [0.29, 0.717) is 65.0 Å². The highest BCUT2D eigenvalue weighted by Crippen LogP contribution is 2.27. The number of fused-ring (bicyclic) bond motifs is 1. The van der Waals surface area contributed by atoms with Gasteiger partial charge in [-0.25, -0.2) is 23.4 Å². The Morgan fingerprint density at radius 3 is 2.37 bits per heavy atom. The van der Waals surface area contributed by atoms with Crippen LogP contribution in [-0.4, -0.2) is 43.6 Å². The molecule has 0 unspecified atom stereocenters. The largest absolute Gasteiger partial charge is 0.375 e. The van der Waals surface area contributed by atoms with Crippen molar-refractivity contribution < 1.29 is 13.6 Å². The molecule has 2 aromatic heterocycles. The minimum absolute atomic E-state index is 0.0256. The third kappa shape index (κ3) is 4.66. The summed E-state index contributed by atoms with van der Waals surface area (Å²) in [7, 11) is 0. The van der Waals surface area contributed by atoms with Crippen molar-refractivity contribution in [3.05, 3.63) is 69.7 Å². The Bertz CT molecular complexity index is 1400. The van der Waals surface area contributed by atoms with Crippen molar-refractivity contribution in [3.63, 3.8) is 0 Å². The Hall–Kier alpha value is -3.66. The molecule has 0 atom stereocenters. The molecule has 0 fully saturated rings. The van der Waals surface area contributed by atoms with Crippen molar-refractivity contribution in [2.45, 2.75) is 33.2 Å². The lowest BCUT2D eigenvalue weighted by Crippen LogP contribution is -2.36. The number of benzene rings is 2. The molecule has 1 aliphatic rings. The van der Waals surface area contributed by atoms with Crippen LogP contribution in [0.25, 0.3) is 22.8 Å². The van der Waals surface area contributed by atoms with E-state index in [0.717, 1.165) is 10.6 Å². The van der Waals surface area contributed by atoms with Gasteiger partial charge in [0.25, 0.3) is 0 Å². The minimum Gasteiger partial charge on any atom is -0.375 e. The molecule has 2 N–H and O–H groups in total. The summed E-state index contributed by atoms with van der Waals surface area (Å²) in [5.74, 6) is 0.0811. The number of aromatic nitrogens is 4. The van der Waals surface area contributed by atoms with E-state index in [1.165, 1.54) is 23.5 Å². The van der Waals surface area contributed by atoms with Crippen molar-refractivity contribution in [2.24, 2.45) is 0 Å². The molecule has 4 aromatic rings. The number of carbonyl (C=O) groups is 1. The molecule has 5 rings (SSSR count). The van der Waals surface area contributed by atoms with Crippen LogP contribution in [-0.2, 0) is 24.2 Å². The van der Waals surface area contributed by atoms with Crippen molar-refractivity contribution >= 4 is 22.4 Å². The first-order valence-corrected chi connectivity index (χ1v) is 12.1. The predicted octanol–water partition coefficient (Wildman–Crippen LogP) is 4.17. The average Bonchev–Trinajstić information content (AvgIpc) is 3.34. The molecule has 0 saturated heterocycles. The van der Waals surface area contributed by atoms with E-state index in [2.05, 4.69) is 15.1 Å². The van der Waals surface area contributed by atoms with Crippen LogP contribution in [0.5, 0.6) is 0 Å². The minimum atomic E-state index is -0.323. The monoisotopic (exact) mass is 494 g/mol. The molecule has 0 bridgehead atoms. The highest BCUT2D eigenvalue weighted by Gasteiger charge is 2.24. The Morgan fingerprint density at radius 1 is 1.00 bits per heavy atom. The summed E-state index contributed by atoms with van der Waals surface area (Å²) in [5.41, 5.74) is 9.01. The first kappa shape index (κ1) is 23.1. The average molecular weight is 495 g/mol. The van der Waals surface area contributed by atoms with Crippen LogP contribution in [0.1, 0.15) is 21.7 Å². The van der Waals surface area contributed by atoms with Gasteiger partial charge in [0.15, 0.2) is 16.8 Å². The molecule has 1 amide bonds. The van der Waals surface area contributed by atoms with Crippen LogP contribution in [0.3, 0.4) is 0 Å². The molecular weight excluding hydrogens is 470 g/mol. The highest BCUT2D eigenvalue weighted by atomic mass is 32.1. The number of thiazole rings is 1. The SMILES string of the molecule is Cc1cc(-c2nc(-c3ccc(F)c(C)c3)n(CC(=O)N3CCc4nc(N)sc4CC3)n2)ccc1F. The predicted molar refractivity (Wildman–Crippen MR) is 131 cm³/mol. The summed E-state index contributed by atoms with van der Waals surface area (Å²) >= 11 is 1.47. The lowest BCUT2D eigenvalue weighted by molar-refractivity contribution is -0.131. The zero-order valence-electron chi connectivity index (χ0n) is 19.4. The number of anilines is 1. The van der Waals surface area contributed by atoms with Crippen LogP contribution in [0.4, 0.5) is 13.9 Å². The molecular formula is C25H24F2N6OS. The number of carbonyl (C=O) groups excluding carboxylic acids is 1. The molecule has 2 aromatic carbocycles. The molecule has 0 spiro atoms. The van der Waals surface area contributed by atoms with Gasteiger partial charge in [-0.3, -0.25) is 4.79 Å². The van der Waals surface area contributed by atoms with Crippen molar-refractivity contribution in [1.29, 1.82) is 0 Å². The molecule has 10 heteroatoms. The van der Waals surface area contributed by atoms with Gasteiger partial charge in [-0.15, -0.1) is 16.4 Å². The number of rotatable bonds is 4. The number of halogens is 2. The smallest absolute Gasteiger partial charge is 0.244 e. The van der Waals surface area contributed by atoms with Crippen LogP contribution < -0.4 is 5.73 Å². The molecule has 3 heterocycles. The van der Waals surface area contributed by atoms with Crippen molar-refractivity contribution in [2.75, 3.05) is 18.8 Å². The summed E-state index contributed by atoms with van der Waals surface area (Å²) in [6, 6.07) is 9.32. The van der Waals surface area contributed by atoms with E-state index in [9.17, 15) is 13.6 Å². The fourth-order valence-corrected chi connectivity index (χ4v) is 5.08. The summed E-state index contributed by atoms with van der Waals surface area (Å²) in [5, 5.41) is 5.15. The van der Waals surface area contributed by atoms with Crippen molar-refractivity contribution in [1.82, 2.24) is 24.6 Å². The number of hydrogen-bond acceptors (Lipinski definition) is 6. The number of nitrogen functional groups attached to an aromatic ring is 1. The maximum atomic E-state index is 13.9. The zero-order valence-corrected chi connectivity index (χ0v) is 20.2. The van der Waals surface area contributed by atoms with Gasteiger partial charge in [-0.2, -0.15) is 0 Å². The number of hydrogen-bond donors (Lipinski definition) is 1. The molecule has 7 nitrogen and oxygen atoms in total. The number of amides is 1. The molecule has 0 saturated carbocycles. The van der Waals surface area contributed by atoms with E-state index in [1.807, 2.05) is 0 Å². The van der Waals surface area contributed by atoms with Gasteiger partial charge < -0.3 is 10.6 Å². The lowest BCUT2D eigenvalue weighted by Gasteiger charge is -2.20. The molecule has 35 heavy (non-hydrogen) atoms. The molecule has 1 aliphatic heterocycles. The van der Waals surface area contributed by atoms with Gasteiger partial charge in [0.1, 0.15) is 18.2 Å². The number of aryl methyl sites for hydroxylation is 2. The first-order valence-electron chi connectivity index (χ1n) is 11.3. The lowest BCUT2D eigenvalue weighted by atomic mass is 10.1. The first-order chi connectivity index (χ1) is 16.8.